The minimum atomic E-state index is 0.107. The van der Waals surface area contributed by atoms with Gasteiger partial charge in [-0.05, 0) is 30.7 Å². The van der Waals surface area contributed by atoms with Crippen molar-refractivity contribution in [2.45, 2.75) is 28.7 Å². The lowest BCUT2D eigenvalue weighted by atomic mass is 9.97. The summed E-state index contributed by atoms with van der Waals surface area (Å²) in [5, 5.41) is 3.24. The number of rotatable bonds is 7. The van der Waals surface area contributed by atoms with Crippen molar-refractivity contribution in [2.24, 2.45) is 5.92 Å². The summed E-state index contributed by atoms with van der Waals surface area (Å²) in [5.41, 5.74) is 2.36. The zero-order valence-electron chi connectivity index (χ0n) is 18.4. The molecule has 0 bridgehead atoms. The molecule has 2 fully saturated rings. The van der Waals surface area contributed by atoms with Gasteiger partial charge in [0.05, 0.1) is 31.2 Å². The van der Waals surface area contributed by atoms with E-state index in [1.807, 2.05) is 0 Å². The molecule has 6 nitrogen and oxygen atoms in total. The van der Waals surface area contributed by atoms with Crippen LogP contribution in [0.15, 0.2) is 58.3 Å². The number of hydrogen-bond acceptors (Lipinski definition) is 6. The second-order valence-corrected chi connectivity index (χ2v) is 9.67. The molecule has 3 heterocycles. The van der Waals surface area contributed by atoms with Gasteiger partial charge in [0.15, 0.2) is 0 Å². The van der Waals surface area contributed by atoms with Crippen LogP contribution >= 0.6 is 11.8 Å². The summed E-state index contributed by atoms with van der Waals surface area (Å²) in [6.07, 6.45) is 1.53. The molecule has 0 spiro atoms. The largest absolute Gasteiger partial charge is 0.381 e. The molecule has 32 heavy (non-hydrogen) atoms. The van der Waals surface area contributed by atoms with E-state index in [-0.39, 0.29) is 5.91 Å². The first kappa shape index (κ1) is 21.8. The third-order valence-corrected chi connectivity index (χ3v) is 7.76. The highest BCUT2D eigenvalue weighted by Crippen LogP contribution is 2.47. The highest BCUT2D eigenvalue weighted by atomic mass is 32.2. The first-order valence-corrected chi connectivity index (χ1v) is 12.4. The average molecular weight is 454 g/mol. The first-order chi connectivity index (χ1) is 15.8. The summed E-state index contributed by atoms with van der Waals surface area (Å²) in [4.78, 5) is 20.1. The molecule has 0 radical (unpaired) electrons. The van der Waals surface area contributed by atoms with Gasteiger partial charge in [0, 0.05) is 61.0 Å². The molecule has 2 atom stereocenters. The van der Waals surface area contributed by atoms with Crippen LogP contribution in [0.3, 0.4) is 0 Å². The van der Waals surface area contributed by atoms with Crippen molar-refractivity contribution in [1.82, 2.24) is 10.2 Å². The lowest BCUT2D eigenvalue weighted by molar-refractivity contribution is -0.121. The van der Waals surface area contributed by atoms with Crippen molar-refractivity contribution < 1.29 is 14.3 Å². The number of carbonyl (C=O) groups excluding carboxylic acids is 1. The SMILES string of the molecule is O=C(CCN1c2ccccc2Sc2ccccc21)NCC(C1CCOC1)N1CCOCC1. The van der Waals surface area contributed by atoms with Gasteiger partial charge in [0.1, 0.15) is 0 Å². The molecule has 2 aromatic carbocycles. The Kier molecular flexibility index (Phi) is 6.97. The molecular formula is C25H31N3O3S. The Morgan fingerprint density at radius 3 is 2.34 bits per heavy atom. The number of para-hydroxylation sites is 2. The maximum absolute atomic E-state index is 12.9. The lowest BCUT2D eigenvalue weighted by Gasteiger charge is -2.37. The van der Waals surface area contributed by atoms with E-state index >= 15 is 0 Å². The van der Waals surface area contributed by atoms with Gasteiger partial charge >= 0.3 is 0 Å². The molecule has 2 unspecified atom stereocenters. The Hall–Kier alpha value is -2.06. The third-order valence-electron chi connectivity index (χ3n) is 6.63. The molecule has 1 N–H and O–H groups in total. The van der Waals surface area contributed by atoms with Crippen molar-refractivity contribution in [2.75, 3.05) is 57.5 Å². The molecule has 1 amide bonds. The number of anilines is 2. The van der Waals surface area contributed by atoms with Crippen LogP contribution in [0.25, 0.3) is 0 Å². The smallest absolute Gasteiger partial charge is 0.221 e. The van der Waals surface area contributed by atoms with E-state index in [0.29, 0.717) is 31.5 Å². The molecule has 7 heteroatoms. The third kappa shape index (κ3) is 4.81. The van der Waals surface area contributed by atoms with E-state index in [4.69, 9.17) is 9.47 Å². The van der Waals surface area contributed by atoms with Crippen LogP contribution in [-0.2, 0) is 14.3 Å². The van der Waals surface area contributed by atoms with Crippen molar-refractivity contribution in [3.63, 3.8) is 0 Å². The summed E-state index contributed by atoms with van der Waals surface area (Å²) >= 11 is 1.79. The van der Waals surface area contributed by atoms with Gasteiger partial charge in [0.2, 0.25) is 5.91 Å². The molecule has 5 rings (SSSR count). The molecule has 2 saturated heterocycles. The van der Waals surface area contributed by atoms with Gasteiger partial charge < -0.3 is 19.7 Å². The Morgan fingerprint density at radius 2 is 1.69 bits per heavy atom. The second-order valence-electron chi connectivity index (χ2n) is 8.58. The summed E-state index contributed by atoms with van der Waals surface area (Å²) in [6.45, 7) is 6.34. The maximum atomic E-state index is 12.9. The minimum Gasteiger partial charge on any atom is -0.381 e. The number of carbonyl (C=O) groups is 1. The van der Waals surface area contributed by atoms with Gasteiger partial charge in [-0.2, -0.15) is 0 Å². The minimum absolute atomic E-state index is 0.107. The predicted molar refractivity (Wildman–Crippen MR) is 127 cm³/mol. The molecule has 3 aliphatic rings. The molecule has 0 saturated carbocycles. The maximum Gasteiger partial charge on any atom is 0.221 e. The Morgan fingerprint density at radius 1 is 1.00 bits per heavy atom. The fraction of sp³-hybridized carbons (Fsp3) is 0.480. The van der Waals surface area contributed by atoms with Gasteiger partial charge in [-0.25, -0.2) is 0 Å². The van der Waals surface area contributed by atoms with Crippen LogP contribution in [0.1, 0.15) is 12.8 Å². The van der Waals surface area contributed by atoms with Crippen LogP contribution < -0.4 is 10.2 Å². The summed E-state index contributed by atoms with van der Waals surface area (Å²) in [5.74, 6) is 0.585. The standard InChI is InChI=1S/C25H31N3O3S/c29-25(26-17-22(19-10-14-31-18-19)27-12-15-30-16-13-27)9-11-28-20-5-1-3-7-23(20)32-24-8-4-2-6-21(24)28/h1-8,19,22H,9-18H2,(H,26,29). The van der Waals surface area contributed by atoms with Crippen LogP contribution in [0.4, 0.5) is 11.4 Å². The number of nitrogens with zero attached hydrogens (tertiary/aromatic N) is 2. The van der Waals surface area contributed by atoms with Crippen LogP contribution in [0, 0.1) is 5.92 Å². The highest BCUT2D eigenvalue weighted by molar-refractivity contribution is 7.99. The van der Waals surface area contributed by atoms with E-state index in [1.165, 1.54) is 21.2 Å². The van der Waals surface area contributed by atoms with E-state index in [1.54, 1.807) is 11.8 Å². The Bertz CT molecular complexity index is 883. The Labute approximate surface area is 194 Å². The lowest BCUT2D eigenvalue weighted by Crippen LogP contribution is -2.52. The number of ether oxygens (including phenoxy) is 2. The highest BCUT2D eigenvalue weighted by Gasteiger charge is 2.32. The number of amides is 1. The fourth-order valence-corrected chi connectivity index (χ4v) is 6.00. The summed E-state index contributed by atoms with van der Waals surface area (Å²) in [6, 6.07) is 17.2. The fourth-order valence-electron chi connectivity index (χ4n) is 4.90. The van der Waals surface area contributed by atoms with Crippen LogP contribution in [-0.4, -0.2) is 69.5 Å². The van der Waals surface area contributed by atoms with Crippen LogP contribution in [0.5, 0.6) is 0 Å². The van der Waals surface area contributed by atoms with E-state index in [9.17, 15) is 4.79 Å². The number of morpholine rings is 1. The first-order valence-electron chi connectivity index (χ1n) is 11.6. The van der Waals surface area contributed by atoms with Crippen molar-refractivity contribution in [1.29, 1.82) is 0 Å². The quantitative estimate of drug-likeness (QED) is 0.692. The normalized spacial score (nSPS) is 21.6. The van der Waals surface area contributed by atoms with Crippen molar-refractivity contribution in [3.8, 4) is 0 Å². The topological polar surface area (TPSA) is 54.0 Å². The van der Waals surface area contributed by atoms with E-state index < -0.39 is 0 Å². The summed E-state index contributed by atoms with van der Waals surface area (Å²) in [7, 11) is 0. The summed E-state index contributed by atoms with van der Waals surface area (Å²) < 4.78 is 11.2. The molecule has 3 aliphatic heterocycles. The average Bonchev–Trinajstić information content (AvgIpc) is 3.37. The zero-order valence-corrected chi connectivity index (χ0v) is 19.2. The van der Waals surface area contributed by atoms with Gasteiger partial charge in [-0.3, -0.25) is 9.69 Å². The van der Waals surface area contributed by atoms with Crippen molar-refractivity contribution in [3.05, 3.63) is 48.5 Å². The predicted octanol–water partition coefficient (Wildman–Crippen LogP) is 3.53. The van der Waals surface area contributed by atoms with E-state index in [0.717, 1.165) is 45.9 Å². The molecule has 2 aromatic rings. The van der Waals surface area contributed by atoms with Gasteiger partial charge in [0.25, 0.3) is 0 Å². The Balaban J connectivity index is 1.22. The number of fused-ring (bicyclic) bond motifs is 2. The second kappa shape index (κ2) is 10.3. The number of benzene rings is 2. The van der Waals surface area contributed by atoms with Gasteiger partial charge in [-0.1, -0.05) is 36.0 Å². The van der Waals surface area contributed by atoms with Gasteiger partial charge in [-0.15, -0.1) is 0 Å². The molecule has 0 aromatic heterocycles. The number of hydrogen-bond donors (Lipinski definition) is 1. The van der Waals surface area contributed by atoms with Crippen molar-refractivity contribution >= 4 is 29.0 Å². The molecule has 0 aliphatic carbocycles. The monoisotopic (exact) mass is 453 g/mol. The van der Waals surface area contributed by atoms with E-state index in [2.05, 4.69) is 63.6 Å². The number of nitrogens with one attached hydrogen (secondary N) is 1. The molecule has 170 valence electrons. The van der Waals surface area contributed by atoms with Crippen LogP contribution in [0.2, 0.25) is 0 Å². The molecular weight excluding hydrogens is 422 g/mol. The zero-order chi connectivity index (χ0) is 21.8.